The first kappa shape index (κ1) is 22.5. The van der Waals surface area contributed by atoms with E-state index in [1.807, 2.05) is 41.8 Å². The molecule has 172 valence electrons. The Morgan fingerprint density at radius 1 is 1.14 bits per heavy atom. The number of benzene rings is 1. The zero-order valence-corrected chi connectivity index (χ0v) is 20.2. The molecule has 0 radical (unpaired) electrons. The molecule has 10 heteroatoms. The first-order chi connectivity index (χ1) is 17.0. The van der Waals surface area contributed by atoms with Crippen LogP contribution in [0.2, 0.25) is 0 Å². The van der Waals surface area contributed by atoms with Gasteiger partial charge in [-0.25, -0.2) is 9.97 Å². The Bertz CT molecular complexity index is 1600. The first-order valence-corrected chi connectivity index (χ1v) is 12.4. The van der Waals surface area contributed by atoms with Crippen molar-refractivity contribution in [3.63, 3.8) is 0 Å². The van der Waals surface area contributed by atoms with Crippen LogP contribution in [-0.4, -0.2) is 20.9 Å². The molecule has 0 atom stereocenters. The number of anilines is 3. The van der Waals surface area contributed by atoms with Crippen LogP contribution in [0.15, 0.2) is 54.2 Å². The molecule has 0 saturated carbocycles. The van der Waals surface area contributed by atoms with E-state index >= 15 is 0 Å². The molecule has 4 heterocycles. The minimum absolute atomic E-state index is 0.101. The van der Waals surface area contributed by atoms with E-state index in [4.69, 9.17) is 11.5 Å². The summed E-state index contributed by atoms with van der Waals surface area (Å²) in [4.78, 5) is 26.9. The lowest BCUT2D eigenvalue weighted by Gasteiger charge is -2.10. The van der Waals surface area contributed by atoms with E-state index in [-0.39, 0.29) is 21.9 Å². The highest BCUT2D eigenvalue weighted by molar-refractivity contribution is 7.21. The highest BCUT2D eigenvalue weighted by Gasteiger charge is 2.24. The Labute approximate surface area is 208 Å². The number of carbonyl (C=O) groups is 1. The van der Waals surface area contributed by atoms with Gasteiger partial charge in [-0.05, 0) is 29.7 Å². The number of hydrogen-bond donors (Lipinski definition) is 3. The second kappa shape index (κ2) is 9.13. The fourth-order valence-electron chi connectivity index (χ4n) is 3.78. The number of aryl methyl sites for hydroxylation is 1. The second-order valence-electron chi connectivity index (χ2n) is 7.67. The van der Waals surface area contributed by atoms with Gasteiger partial charge in [-0.2, -0.15) is 5.26 Å². The Morgan fingerprint density at radius 3 is 2.63 bits per heavy atom. The predicted molar refractivity (Wildman–Crippen MR) is 141 cm³/mol. The van der Waals surface area contributed by atoms with Crippen molar-refractivity contribution in [2.75, 3.05) is 16.8 Å². The molecule has 35 heavy (non-hydrogen) atoms. The quantitative estimate of drug-likeness (QED) is 0.297. The minimum atomic E-state index is -0.401. The number of rotatable bonds is 5. The number of thiazole rings is 1. The maximum Gasteiger partial charge on any atom is 0.269 e. The van der Waals surface area contributed by atoms with Gasteiger partial charge in [0, 0.05) is 34.3 Å². The van der Waals surface area contributed by atoms with Gasteiger partial charge in [0.25, 0.3) is 5.91 Å². The molecule has 0 bridgehead atoms. The molecule has 0 fully saturated rings. The van der Waals surface area contributed by atoms with Gasteiger partial charge >= 0.3 is 0 Å². The first-order valence-electron chi connectivity index (χ1n) is 10.7. The van der Waals surface area contributed by atoms with Crippen LogP contribution in [0, 0.1) is 11.3 Å². The summed E-state index contributed by atoms with van der Waals surface area (Å²) in [6.07, 6.45) is 4.29. The molecule has 0 aliphatic rings. The summed E-state index contributed by atoms with van der Waals surface area (Å²) in [7, 11) is 0. The van der Waals surface area contributed by atoms with Crippen LogP contribution in [0.1, 0.15) is 27.7 Å². The van der Waals surface area contributed by atoms with Gasteiger partial charge in [-0.15, -0.1) is 22.7 Å². The lowest BCUT2D eigenvalue weighted by Crippen LogP contribution is -2.11. The number of carbonyl (C=O) groups excluding carboxylic acids is 1. The number of nitrogen functional groups attached to an aromatic ring is 2. The van der Waals surface area contributed by atoms with Crippen molar-refractivity contribution in [1.29, 1.82) is 5.26 Å². The summed E-state index contributed by atoms with van der Waals surface area (Å²) in [5, 5.41) is 15.5. The number of fused-ring (bicyclic) bond motifs is 1. The molecule has 1 aromatic carbocycles. The third kappa shape index (κ3) is 4.07. The van der Waals surface area contributed by atoms with Crippen molar-refractivity contribution in [2.24, 2.45) is 0 Å². The molecule has 0 unspecified atom stereocenters. The summed E-state index contributed by atoms with van der Waals surface area (Å²) >= 11 is 2.44. The lowest BCUT2D eigenvalue weighted by molar-refractivity contribution is 0.103. The summed E-state index contributed by atoms with van der Waals surface area (Å²) < 4.78 is 0. The number of nitrogens with one attached hydrogen (secondary N) is 1. The number of pyridine rings is 2. The van der Waals surface area contributed by atoms with E-state index < -0.39 is 5.91 Å². The maximum atomic E-state index is 13.2. The summed E-state index contributed by atoms with van der Waals surface area (Å²) in [5.41, 5.74) is 17.2. The van der Waals surface area contributed by atoms with Gasteiger partial charge in [0.15, 0.2) is 5.13 Å². The van der Waals surface area contributed by atoms with Gasteiger partial charge in [0.1, 0.15) is 27.2 Å². The number of amides is 1. The number of nitrogens with zero attached hydrogens (tertiary/aromatic N) is 4. The number of aromatic nitrogens is 3. The molecule has 0 saturated heterocycles. The SMILES string of the molecule is CCc1ccc(-c2c(C#N)c(N)nc3sc(C(=O)Nc4nc(-c5cccnc5)cs4)c(N)c23)cc1. The van der Waals surface area contributed by atoms with Gasteiger partial charge in [0.2, 0.25) is 0 Å². The van der Waals surface area contributed by atoms with Crippen molar-refractivity contribution in [3.8, 4) is 28.5 Å². The fraction of sp³-hybridized carbons (Fsp3) is 0.0800. The molecule has 0 spiro atoms. The topological polar surface area (TPSA) is 144 Å². The monoisotopic (exact) mass is 497 g/mol. The fourth-order valence-corrected chi connectivity index (χ4v) is 5.50. The van der Waals surface area contributed by atoms with Crippen molar-refractivity contribution in [3.05, 3.63) is 70.2 Å². The second-order valence-corrected chi connectivity index (χ2v) is 9.53. The molecule has 5 rings (SSSR count). The Hall–Kier alpha value is -4.33. The van der Waals surface area contributed by atoms with E-state index in [2.05, 4.69) is 33.3 Å². The van der Waals surface area contributed by atoms with E-state index in [9.17, 15) is 10.1 Å². The van der Waals surface area contributed by atoms with E-state index in [1.165, 1.54) is 11.3 Å². The number of nitriles is 1. The van der Waals surface area contributed by atoms with Gasteiger partial charge in [-0.1, -0.05) is 31.2 Å². The van der Waals surface area contributed by atoms with E-state index in [0.717, 1.165) is 34.4 Å². The standard InChI is InChI=1S/C25H19N7OS2/c1-2-13-5-7-14(8-6-13)18-16(10-26)22(28)31-24-19(18)20(27)21(35-24)23(33)32-25-30-17(12-34-25)15-4-3-9-29-11-15/h3-9,11-12H,2,27H2,1H3,(H2,28,31)(H,30,32,33). The normalized spacial score (nSPS) is 10.9. The molecule has 4 aromatic heterocycles. The highest BCUT2D eigenvalue weighted by atomic mass is 32.1. The van der Waals surface area contributed by atoms with Gasteiger partial charge in [0.05, 0.1) is 11.4 Å². The molecule has 0 aliphatic carbocycles. The van der Waals surface area contributed by atoms with Crippen LogP contribution in [0.5, 0.6) is 0 Å². The highest BCUT2D eigenvalue weighted by Crippen LogP contribution is 2.43. The Balaban J connectivity index is 1.56. The molecule has 0 aliphatic heterocycles. The molecule has 8 nitrogen and oxygen atoms in total. The van der Waals surface area contributed by atoms with Gasteiger partial charge < -0.3 is 11.5 Å². The van der Waals surface area contributed by atoms with Crippen LogP contribution >= 0.6 is 22.7 Å². The number of nitrogens with two attached hydrogens (primary N) is 2. The lowest BCUT2D eigenvalue weighted by atomic mass is 9.96. The molecular formula is C25H19N7OS2. The third-order valence-corrected chi connectivity index (χ3v) is 7.41. The smallest absolute Gasteiger partial charge is 0.269 e. The molecule has 5 aromatic rings. The Kier molecular flexibility index (Phi) is 5.86. The minimum Gasteiger partial charge on any atom is -0.397 e. The summed E-state index contributed by atoms with van der Waals surface area (Å²) in [6.45, 7) is 2.07. The maximum absolute atomic E-state index is 13.2. The van der Waals surface area contributed by atoms with Crippen LogP contribution in [0.25, 0.3) is 32.6 Å². The van der Waals surface area contributed by atoms with Crippen LogP contribution in [-0.2, 0) is 6.42 Å². The largest absolute Gasteiger partial charge is 0.397 e. The van der Waals surface area contributed by atoms with Crippen molar-refractivity contribution < 1.29 is 4.79 Å². The average Bonchev–Trinajstić information content (AvgIpc) is 3.48. The summed E-state index contributed by atoms with van der Waals surface area (Å²) in [6, 6.07) is 13.7. The molecular weight excluding hydrogens is 478 g/mol. The third-order valence-electron chi connectivity index (χ3n) is 5.56. The van der Waals surface area contributed by atoms with Crippen LogP contribution in [0.4, 0.5) is 16.6 Å². The number of hydrogen-bond acceptors (Lipinski definition) is 9. The zero-order valence-electron chi connectivity index (χ0n) is 18.6. The zero-order chi connectivity index (χ0) is 24.5. The van der Waals surface area contributed by atoms with Crippen LogP contribution in [0.3, 0.4) is 0 Å². The van der Waals surface area contributed by atoms with Crippen molar-refractivity contribution in [2.45, 2.75) is 13.3 Å². The van der Waals surface area contributed by atoms with Gasteiger partial charge in [-0.3, -0.25) is 15.1 Å². The predicted octanol–water partition coefficient (Wildman–Crippen LogP) is 5.33. The number of thiophene rings is 1. The van der Waals surface area contributed by atoms with E-state index in [0.29, 0.717) is 26.6 Å². The van der Waals surface area contributed by atoms with Crippen LogP contribution < -0.4 is 16.8 Å². The Morgan fingerprint density at radius 2 is 1.94 bits per heavy atom. The van der Waals surface area contributed by atoms with Crippen molar-refractivity contribution in [1.82, 2.24) is 15.0 Å². The van der Waals surface area contributed by atoms with Crippen molar-refractivity contribution >= 4 is 55.4 Å². The van der Waals surface area contributed by atoms with E-state index in [1.54, 1.807) is 12.4 Å². The summed E-state index contributed by atoms with van der Waals surface area (Å²) in [5.74, 6) is -0.300. The molecule has 5 N–H and O–H groups in total. The molecule has 1 amide bonds. The average molecular weight is 498 g/mol.